The zero-order valence-corrected chi connectivity index (χ0v) is 19.2. The monoisotopic (exact) mass is 492 g/mol. The number of amides is 1. The second kappa shape index (κ2) is 8.97. The molecule has 11 heteroatoms. The van der Waals surface area contributed by atoms with Crippen molar-refractivity contribution in [3.05, 3.63) is 59.3 Å². The molecule has 3 N–H and O–H groups in total. The summed E-state index contributed by atoms with van der Waals surface area (Å²) in [5.74, 6) is -3.93. The summed E-state index contributed by atoms with van der Waals surface area (Å²) in [5, 5.41) is 22.2. The van der Waals surface area contributed by atoms with E-state index in [0.717, 1.165) is 12.1 Å². The minimum absolute atomic E-state index is 0.0586. The van der Waals surface area contributed by atoms with Gasteiger partial charge in [0.05, 0.1) is 11.4 Å². The number of aromatic hydroxyl groups is 1. The van der Waals surface area contributed by atoms with Crippen LogP contribution in [0.25, 0.3) is 10.9 Å². The van der Waals surface area contributed by atoms with Gasteiger partial charge in [-0.1, -0.05) is 0 Å². The number of phenols is 1. The number of aromatic nitrogens is 1. The molecule has 0 aliphatic heterocycles. The molecular weight excluding hydrogens is 469 g/mol. The lowest BCUT2D eigenvalue weighted by Crippen LogP contribution is -2.50. The molecule has 0 bridgehead atoms. The Hall–Kier alpha value is -4.02. The van der Waals surface area contributed by atoms with Crippen LogP contribution in [0.3, 0.4) is 0 Å². The Kier molecular flexibility index (Phi) is 6.56. The lowest BCUT2D eigenvalue weighted by molar-refractivity contribution is -0.274. The Balaban J connectivity index is 2.07. The van der Waals surface area contributed by atoms with Crippen molar-refractivity contribution >= 4 is 28.7 Å². The van der Waals surface area contributed by atoms with E-state index in [0.29, 0.717) is 22.2 Å². The first-order valence-electron chi connectivity index (χ1n) is 10.4. The molecule has 8 nitrogen and oxygen atoms in total. The fourth-order valence-corrected chi connectivity index (χ4v) is 3.77. The van der Waals surface area contributed by atoms with Crippen LogP contribution >= 0.6 is 0 Å². The molecule has 1 unspecified atom stereocenters. The zero-order chi connectivity index (χ0) is 26.3. The highest BCUT2D eigenvalue weighted by Crippen LogP contribution is 2.35. The Morgan fingerprint density at radius 3 is 2.20 bits per heavy atom. The maximum atomic E-state index is 13.3. The molecule has 1 amide bonds. The summed E-state index contributed by atoms with van der Waals surface area (Å²) in [5.41, 5.74) is -0.395. The molecule has 1 heterocycles. The summed E-state index contributed by atoms with van der Waals surface area (Å²) < 4.78 is 42.4. The van der Waals surface area contributed by atoms with E-state index in [-0.39, 0.29) is 11.3 Å². The molecule has 1 aromatic heterocycles. The van der Waals surface area contributed by atoms with Crippen LogP contribution in [0.5, 0.6) is 11.5 Å². The van der Waals surface area contributed by atoms with Gasteiger partial charge in [-0.25, -0.2) is 4.79 Å². The van der Waals surface area contributed by atoms with Gasteiger partial charge < -0.3 is 20.3 Å². The largest absolute Gasteiger partial charge is 0.573 e. The Labute approximate surface area is 197 Å². The van der Waals surface area contributed by atoms with Crippen molar-refractivity contribution in [2.45, 2.75) is 45.5 Å². The fraction of sp³-hybridized carbons (Fsp3) is 0.292. The number of benzene rings is 2. The molecule has 0 radical (unpaired) electrons. The number of carboxylic acid groups (broad SMARTS) is 1. The summed E-state index contributed by atoms with van der Waals surface area (Å²) in [6.07, 6.45) is -4.87. The highest BCUT2D eigenvalue weighted by atomic mass is 19.4. The number of carbonyl (C=O) groups is 3. The quantitative estimate of drug-likeness (QED) is 0.472. The van der Waals surface area contributed by atoms with Crippen LogP contribution < -0.4 is 10.1 Å². The number of phenolic OH excluding ortho intramolecular Hbond substituents is 1. The number of ether oxygens (including phenoxy) is 1. The summed E-state index contributed by atoms with van der Waals surface area (Å²) >= 11 is 0. The van der Waals surface area contributed by atoms with Crippen molar-refractivity contribution in [3.63, 3.8) is 0 Å². The number of hydrogen-bond donors (Lipinski definition) is 3. The molecule has 3 rings (SSSR count). The highest BCUT2D eigenvalue weighted by Gasteiger charge is 2.34. The number of rotatable bonds is 6. The van der Waals surface area contributed by atoms with Crippen molar-refractivity contribution < 1.29 is 42.5 Å². The number of nitrogens with zero attached hydrogens (tertiary/aromatic N) is 1. The van der Waals surface area contributed by atoms with Gasteiger partial charge in [-0.15, -0.1) is 13.2 Å². The Morgan fingerprint density at radius 1 is 1.06 bits per heavy atom. The van der Waals surface area contributed by atoms with Gasteiger partial charge in [-0.3, -0.25) is 14.2 Å². The van der Waals surface area contributed by atoms with E-state index in [2.05, 4.69) is 10.1 Å². The van der Waals surface area contributed by atoms with Crippen LogP contribution in [0.15, 0.2) is 42.5 Å². The average molecular weight is 492 g/mol. The van der Waals surface area contributed by atoms with E-state index in [1.807, 2.05) is 0 Å². The first kappa shape index (κ1) is 25.6. The summed E-state index contributed by atoms with van der Waals surface area (Å²) in [4.78, 5) is 37.7. The van der Waals surface area contributed by atoms with Crippen molar-refractivity contribution in [3.8, 4) is 11.5 Å². The molecule has 0 saturated carbocycles. The fourth-order valence-electron chi connectivity index (χ4n) is 3.77. The molecule has 35 heavy (non-hydrogen) atoms. The van der Waals surface area contributed by atoms with Crippen molar-refractivity contribution in [1.29, 1.82) is 0 Å². The Morgan fingerprint density at radius 2 is 1.66 bits per heavy atom. The lowest BCUT2D eigenvalue weighted by atomic mass is 9.95. The number of alkyl halides is 3. The highest BCUT2D eigenvalue weighted by molar-refractivity contribution is 6.06. The average Bonchev–Trinajstić information content (AvgIpc) is 3.02. The molecule has 186 valence electrons. The van der Waals surface area contributed by atoms with Crippen LogP contribution in [0.4, 0.5) is 13.2 Å². The van der Waals surface area contributed by atoms with E-state index >= 15 is 0 Å². The third-order valence-electron chi connectivity index (χ3n) is 5.57. The van der Waals surface area contributed by atoms with Crippen molar-refractivity contribution in [2.75, 3.05) is 0 Å². The topological polar surface area (TPSA) is 118 Å². The summed E-state index contributed by atoms with van der Waals surface area (Å²) in [6, 6.07) is 8.60. The van der Waals surface area contributed by atoms with Crippen molar-refractivity contribution in [2.24, 2.45) is 0 Å². The van der Waals surface area contributed by atoms with Crippen LogP contribution in [-0.2, 0) is 9.59 Å². The van der Waals surface area contributed by atoms with Gasteiger partial charge in [0, 0.05) is 16.6 Å². The van der Waals surface area contributed by atoms with Gasteiger partial charge >= 0.3 is 12.3 Å². The van der Waals surface area contributed by atoms with Crippen LogP contribution in [-0.4, -0.2) is 44.5 Å². The molecule has 0 aliphatic carbocycles. The Bertz CT molecular complexity index is 1310. The number of nitrogens with one attached hydrogen (secondary N) is 1. The molecule has 0 saturated heterocycles. The zero-order valence-electron chi connectivity index (χ0n) is 19.2. The third kappa shape index (κ3) is 5.23. The molecule has 3 aromatic rings. The lowest BCUT2D eigenvalue weighted by Gasteiger charge is -2.23. The van der Waals surface area contributed by atoms with Crippen LogP contribution in [0.1, 0.15) is 48.3 Å². The second-order valence-corrected chi connectivity index (χ2v) is 8.55. The normalized spacial score (nSPS) is 12.9. The summed E-state index contributed by atoms with van der Waals surface area (Å²) in [7, 11) is 0. The predicted molar refractivity (Wildman–Crippen MR) is 119 cm³/mol. The number of halogens is 3. The minimum Gasteiger partial charge on any atom is -0.508 e. The van der Waals surface area contributed by atoms with E-state index < -0.39 is 41.4 Å². The van der Waals surface area contributed by atoms with E-state index in [4.69, 9.17) is 0 Å². The number of fused-ring (bicyclic) bond motifs is 1. The molecule has 1 atom stereocenters. The van der Waals surface area contributed by atoms with Gasteiger partial charge in [-0.2, -0.15) is 0 Å². The van der Waals surface area contributed by atoms with E-state index in [1.54, 1.807) is 6.92 Å². The second-order valence-electron chi connectivity index (χ2n) is 8.55. The van der Waals surface area contributed by atoms with E-state index in [9.17, 15) is 37.8 Å². The van der Waals surface area contributed by atoms with Crippen LogP contribution in [0, 0.1) is 6.92 Å². The summed E-state index contributed by atoms with van der Waals surface area (Å²) in [6.45, 7) is 5.78. The first-order valence-corrected chi connectivity index (χ1v) is 10.4. The molecule has 0 fully saturated rings. The SMILES string of the molecule is Cc1c(C(C)C(=O)NC(C)(C)C(=O)O)c2cc(O)ccc2n1C(=O)c1ccc(OC(F)(F)F)cc1. The molecular formula is C24H23F3N2O6. The van der Waals surface area contributed by atoms with Gasteiger partial charge in [0.15, 0.2) is 0 Å². The van der Waals surface area contributed by atoms with Crippen molar-refractivity contribution in [1.82, 2.24) is 9.88 Å². The predicted octanol–water partition coefficient (Wildman–Crippen LogP) is 4.33. The maximum Gasteiger partial charge on any atom is 0.573 e. The molecule has 0 spiro atoms. The number of carbonyl (C=O) groups excluding carboxylic acids is 2. The molecule has 0 aliphatic rings. The van der Waals surface area contributed by atoms with Gasteiger partial charge in [0.2, 0.25) is 5.91 Å². The van der Waals surface area contributed by atoms with Crippen LogP contribution in [0.2, 0.25) is 0 Å². The first-order chi connectivity index (χ1) is 16.1. The number of carboxylic acids is 1. The van der Waals surface area contributed by atoms with Gasteiger partial charge in [0.25, 0.3) is 5.91 Å². The number of hydrogen-bond acceptors (Lipinski definition) is 5. The number of aliphatic carboxylic acids is 1. The molecule has 2 aromatic carbocycles. The van der Waals surface area contributed by atoms with Gasteiger partial charge in [-0.05, 0) is 75.7 Å². The van der Waals surface area contributed by atoms with E-state index in [1.165, 1.54) is 55.7 Å². The third-order valence-corrected chi connectivity index (χ3v) is 5.57. The van der Waals surface area contributed by atoms with Gasteiger partial charge in [0.1, 0.15) is 17.0 Å². The minimum atomic E-state index is -4.87. The maximum absolute atomic E-state index is 13.3. The standard InChI is InChI=1S/C24H23F3N2O6/c1-12(20(31)28-23(3,4)22(33)34)19-13(2)29(18-10-7-15(30)11-17(18)19)21(32)14-5-8-16(9-6-14)35-24(25,26)27/h5-12,30H,1-4H3,(H,28,31)(H,33,34). The smallest absolute Gasteiger partial charge is 0.508 e.